The number of rotatable bonds is 6. The molecular weight excluding hydrogens is 342 g/mol. The van der Waals surface area contributed by atoms with Crippen LogP contribution in [0.4, 0.5) is 5.69 Å². The summed E-state index contributed by atoms with van der Waals surface area (Å²) in [6.45, 7) is 1.91. The van der Waals surface area contributed by atoms with E-state index in [4.69, 9.17) is 14.5 Å². The lowest BCUT2D eigenvalue weighted by atomic mass is 10.1. The highest BCUT2D eigenvalue weighted by Gasteiger charge is 2.35. The molecule has 6 heteroatoms. The van der Waals surface area contributed by atoms with Gasteiger partial charge >= 0.3 is 0 Å². The monoisotopic (exact) mass is 365 g/mol. The summed E-state index contributed by atoms with van der Waals surface area (Å²) in [5.41, 5.74) is 2.84. The van der Waals surface area contributed by atoms with E-state index >= 15 is 0 Å². The van der Waals surface area contributed by atoms with Gasteiger partial charge in [-0.2, -0.15) is 0 Å². The molecule has 1 aliphatic heterocycles. The fourth-order valence-corrected chi connectivity index (χ4v) is 3.79. The van der Waals surface area contributed by atoms with Crippen molar-refractivity contribution in [1.82, 2.24) is 9.55 Å². The van der Waals surface area contributed by atoms with Crippen molar-refractivity contribution in [3.63, 3.8) is 0 Å². The third-order valence-electron chi connectivity index (χ3n) is 5.07. The Bertz CT molecular complexity index is 966. The van der Waals surface area contributed by atoms with E-state index in [1.165, 1.54) is 0 Å². The van der Waals surface area contributed by atoms with E-state index in [2.05, 4.69) is 10.6 Å². The summed E-state index contributed by atoms with van der Waals surface area (Å²) in [5, 5.41) is 0. The molecule has 3 aromatic rings. The Kier molecular flexibility index (Phi) is 4.81. The first kappa shape index (κ1) is 17.5. The van der Waals surface area contributed by atoms with Crippen molar-refractivity contribution in [1.29, 1.82) is 0 Å². The van der Waals surface area contributed by atoms with Crippen molar-refractivity contribution < 1.29 is 14.3 Å². The van der Waals surface area contributed by atoms with E-state index in [-0.39, 0.29) is 11.8 Å². The normalized spacial score (nSPS) is 17.0. The van der Waals surface area contributed by atoms with E-state index in [0.29, 0.717) is 31.9 Å². The second-order valence-electron chi connectivity index (χ2n) is 6.68. The lowest BCUT2D eigenvalue weighted by Gasteiger charge is -2.19. The third-order valence-corrected chi connectivity index (χ3v) is 5.07. The minimum absolute atomic E-state index is 0.0340. The van der Waals surface area contributed by atoms with Crippen LogP contribution >= 0.6 is 0 Å². The van der Waals surface area contributed by atoms with Gasteiger partial charge < -0.3 is 18.9 Å². The molecule has 1 amide bonds. The lowest BCUT2D eigenvalue weighted by molar-refractivity contribution is -0.117. The molecule has 1 saturated heterocycles. The molecule has 0 saturated carbocycles. The van der Waals surface area contributed by atoms with Crippen molar-refractivity contribution in [2.24, 2.45) is 0 Å². The molecule has 0 bridgehead atoms. The number of carbonyl (C=O) groups is 1. The maximum Gasteiger partial charge on any atom is 0.227 e. The smallest absolute Gasteiger partial charge is 0.227 e. The molecule has 1 aliphatic rings. The van der Waals surface area contributed by atoms with Crippen LogP contribution in [-0.4, -0.2) is 42.8 Å². The van der Waals surface area contributed by atoms with Gasteiger partial charge in [-0.05, 0) is 24.3 Å². The van der Waals surface area contributed by atoms with Crippen LogP contribution in [0, 0.1) is 0 Å². The van der Waals surface area contributed by atoms with Gasteiger partial charge in [-0.15, -0.1) is 0 Å². The molecule has 27 heavy (non-hydrogen) atoms. The van der Waals surface area contributed by atoms with Crippen LogP contribution in [-0.2, 0) is 16.1 Å². The highest BCUT2D eigenvalue weighted by Crippen LogP contribution is 2.36. The summed E-state index contributed by atoms with van der Waals surface area (Å²) >= 11 is 0. The number of carbonyl (C=O) groups excluding carboxylic acids is 1. The number of para-hydroxylation sites is 4. The number of nitrogens with zero attached hydrogens (tertiary/aromatic N) is 3. The van der Waals surface area contributed by atoms with Gasteiger partial charge in [0.2, 0.25) is 5.91 Å². The van der Waals surface area contributed by atoms with E-state index in [9.17, 15) is 4.79 Å². The molecule has 4 rings (SSSR count). The summed E-state index contributed by atoms with van der Waals surface area (Å²) in [5.74, 6) is 1.78. The molecule has 0 radical (unpaired) electrons. The second-order valence-corrected chi connectivity index (χ2v) is 6.68. The summed E-state index contributed by atoms with van der Waals surface area (Å²) in [4.78, 5) is 19.4. The lowest BCUT2D eigenvalue weighted by Crippen LogP contribution is -2.25. The number of methoxy groups -OCH3 is 2. The number of imidazole rings is 1. The largest absolute Gasteiger partial charge is 0.495 e. The van der Waals surface area contributed by atoms with Crippen LogP contribution in [0.2, 0.25) is 0 Å². The zero-order chi connectivity index (χ0) is 18.8. The average molecular weight is 365 g/mol. The number of fused-ring (bicyclic) bond motifs is 1. The van der Waals surface area contributed by atoms with Crippen LogP contribution < -0.4 is 9.64 Å². The Morgan fingerprint density at radius 3 is 2.70 bits per heavy atom. The van der Waals surface area contributed by atoms with Gasteiger partial charge in [-0.3, -0.25) is 4.79 Å². The molecule has 0 spiro atoms. The van der Waals surface area contributed by atoms with Gasteiger partial charge in [0.1, 0.15) is 11.6 Å². The quantitative estimate of drug-likeness (QED) is 0.673. The summed E-state index contributed by atoms with van der Waals surface area (Å²) in [7, 11) is 3.32. The Labute approximate surface area is 158 Å². The minimum Gasteiger partial charge on any atom is -0.495 e. The van der Waals surface area contributed by atoms with Gasteiger partial charge in [-0.25, -0.2) is 4.98 Å². The first-order valence-electron chi connectivity index (χ1n) is 9.10. The average Bonchev–Trinajstić information content (AvgIpc) is 3.26. The Balaban J connectivity index is 1.69. The summed E-state index contributed by atoms with van der Waals surface area (Å²) < 4.78 is 12.9. The van der Waals surface area contributed by atoms with Crippen molar-refractivity contribution >= 4 is 22.6 Å². The van der Waals surface area contributed by atoms with E-state index < -0.39 is 0 Å². The number of hydrogen-bond acceptors (Lipinski definition) is 4. The Hall–Kier alpha value is -2.86. The van der Waals surface area contributed by atoms with Gasteiger partial charge in [0.05, 0.1) is 30.4 Å². The first-order chi connectivity index (χ1) is 13.2. The topological polar surface area (TPSA) is 56.6 Å². The molecule has 1 fully saturated rings. The molecule has 1 atom stereocenters. The maximum absolute atomic E-state index is 12.8. The standard InChI is InChI=1S/C21H23N3O3/c1-26-12-11-23-17-8-4-3-7-16(17)22-21(23)15-13-20(25)24(14-15)18-9-5-6-10-19(18)27-2/h3-10,15H,11-14H2,1-2H3/t15-/m0/s1. The molecule has 2 aromatic carbocycles. The number of aromatic nitrogens is 2. The molecular formula is C21H23N3O3. The summed E-state index contributed by atoms with van der Waals surface area (Å²) in [6, 6.07) is 15.7. The van der Waals surface area contributed by atoms with Gasteiger partial charge in [-0.1, -0.05) is 24.3 Å². The zero-order valence-corrected chi connectivity index (χ0v) is 15.6. The van der Waals surface area contributed by atoms with Crippen molar-refractivity contribution in [2.75, 3.05) is 32.3 Å². The maximum atomic E-state index is 12.8. The Morgan fingerprint density at radius 1 is 1.11 bits per heavy atom. The minimum atomic E-state index is 0.0340. The first-order valence-corrected chi connectivity index (χ1v) is 9.10. The molecule has 6 nitrogen and oxygen atoms in total. The number of anilines is 1. The van der Waals surface area contributed by atoms with Gasteiger partial charge in [0.15, 0.2) is 0 Å². The Morgan fingerprint density at radius 2 is 1.89 bits per heavy atom. The SMILES string of the molecule is COCCn1c([C@H]2CC(=O)N(c3ccccc3OC)C2)nc2ccccc21. The molecule has 0 aliphatic carbocycles. The van der Waals surface area contributed by atoms with Crippen molar-refractivity contribution in [3.8, 4) is 5.75 Å². The van der Waals surface area contributed by atoms with E-state index in [1.54, 1.807) is 14.2 Å². The van der Waals surface area contributed by atoms with Gasteiger partial charge in [0, 0.05) is 32.5 Å². The summed E-state index contributed by atoms with van der Waals surface area (Å²) in [6.07, 6.45) is 0.439. The fraction of sp³-hybridized carbons (Fsp3) is 0.333. The van der Waals surface area contributed by atoms with Crippen molar-refractivity contribution in [2.45, 2.75) is 18.9 Å². The van der Waals surface area contributed by atoms with Crippen molar-refractivity contribution in [3.05, 3.63) is 54.4 Å². The van der Waals surface area contributed by atoms with Gasteiger partial charge in [0.25, 0.3) is 0 Å². The van der Waals surface area contributed by atoms with E-state index in [0.717, 1.165) is 22.5 Å². The van der Waals surface area contributed by atoms with E-state index in [1.807, 2.05) is 47.4 Å². The third kappa shape index (κ3) is 3.17. The predicted molar refractivity (Wildman–Crippen MR) is 104 cm³/mol. The zero-order valence-electron chi connectivity index (χ0n) is 15.6. The van der Waals surface area contributed by atoms with Crippen LogP contribution in [0.5, 0.6) is 5.75 Å². The number of benzene rings is 2. The molecule has 0 N–H and O–H groups in total. The molecule has 140 valence electrons. The highest BCUT2D eigenvalue weighted by atomic mass is 16.5. The fourth-order valence-electron chi connectivity index (χ4n) is 3.79. The molecule has 0 unspecified atom stereocenters. The number of amides is 1. The number of ether oxygens (including phenoxy) is 2. The van der Waals surface area contributed by atoms with Crippen LogP contribution in [0.25, 0.3) is 11.0 Å². The molecule has 1 aromatic heterocycles. The molecule has 2 heterocycles. The number of hydrogen-bond donors (Lipinski definition) is 0. The second kappa shape index (κ2) is 7.40. The highest BCUT2D eigenvalue weighted by molar-refractivity contribution is 5.97. The predicted octanol–water partition coefficient (Wildman–Crippen LogP) is 3.21. The van der Waals surface area contributed by atoms with Crippen LogP contribution in [0.3, 0.4) is 0 Å². The van der Waals surface area contributed by atoms with Crippen LogP contribution in [0.15, 0.2) is 48.5 Å². The van der Waals surface area contributed by atoms with Crippen LogP contribution in [0.1, 0.15) is 18.2 Å².